The molecule has 2 aromatic carbocycles. The molecule has 16 heteroatoms. The average Bonchev–Trinajstić information content (AvgIpc) is 3.32. The minimum Gasteiger partial charge on any atom is -0.475 e. The van der Waals surface area contributed by atoms with Gasteiger partial charge in [0, 0.05) is 22.7 Å². The summed E-state index contributed by atoms with van der Waals surface area (Å²) in [6, 6.07) is 12.1. The van der Waals surface area contributed by atoms with E-state index in [1.165, 1.54) is 25.1 Å². The Bertz CT molecular complexity index is 1390. The number of hydrogen-bond donors (Lipinski definition) is 4. The number of anilines is 4. The van der Waals surface area contributed by atoms with E-state index in [0.29, 0.717) is 28.8 Å². The first-order valence-electron chi connectivity index (χ1n) is 10.1. The maximum atomic E-state index is 12.1. The van der Waals surface area contributed by atoms with Crippen molar-refractivity contribution < 1.29 is 41.0 Å². The summed E-state index contributed by atoms with van der Waals surface area (Å²) in [4.78, 5) is 18.4. The molecular formula is C21H20F3N5O6S2. The second kappa shape index (κ2) is 11.5. The number of hydrogen-bond acceptors (Lipinski definition) is 10. The summed E-state index contributed by atoms with van der Waals surface area (Å²) in [7, 11) is -2.18. The van der Waals surface area contributed by atoms with Crippen molar-refractivity contribution in [3.63, 3.8) is 0 Å². The maximum Gasteiger partial charge on any atom is 0.490 e. The number of ether oxygens (including phenoxy) is 2. The third kappa shape index (κ3) is 7.37. The Hall–Kier alpha value is -3.76. The highest BCUT2D eigenvalue weighted by molar-refractivity contribution is 7.98. The standard InChI is InChI=1S/C19H19N5O4S2.C2HF3O2/c1-20-30(25,26)13-4-6-17(29-2)14(8-13)24-19-9-18(21-10-22-19)23-12-3-5-15-16(7-12)28-11-27-15;3-2(4,5)1(6)7/h3-10,20H,11H2,1-2H3,(H2,21,22,23,24);(H,6,7). The lowest BCUT2D eigenvalue weighted by Gasteiger charge is -2.13. The van der Waals surface area contributed by atoms with Crippen LogP contribution in [0.4, 0.5) is 36.2 Å². The van der Waals surface area contributed by atoms with E-state index >= 15 is 0 Å². The molecule has 1 aliphatic heterocycles. The molecular weight excluding hydrogens is 539 g/mol. The van der Waals surface area contributed by atoms with Gasteiger partial charge in [-0.1, -0.05) is 0 Å². The highest BCUT2D eigenvalue weighted by Gasteiger charge is 2.38. The van der Waals surface area contributed by atoms with Crippen molar-refractivity contribution >= 4 is 50.8 Å². The number of halogens is 3. The van der Waals surface area contributed by atoms with Gasteiger partial charge in [-0.3, -0.25) is 0 Å². The van der Waals surface area contributed by atoms with Crippen molar-refractivity contribution in [2.75, 3.05) is 30.7 Å². The quantitative estimate of drug-likeness (QED) is 0.311. The van der Waals surface area contributed by atoms with E-state index < -0.39 is 22.2 Å². The van der Waals surface area contributed by atoms with Gasteiger partial charge in [0.15, 0.2) is 11.5 Å². The number of aliphatic carboxylic acids is 1. The number of carboxylic acids is 1. The van der Waals surface area contributed by atoms with E-state index in [0.717, 1.165) is 10.6 Å². The Labute approximate surface area is 213 Å². The molecule has 0 fully saturated rings. The van der Waals surface area contributed by atoms with Gasteiger partial charge in [-0.25, -0.2) is 27.9 Å². The summed E-state index contributed by atoms with van der Waals surface area (Å²) < 4.78 is 69.1. The number of sulfonamides is 1. The maximum absolute atomic E-state index is 12.1. The van der Waals surface area contributed by atoms with Crippen molar-refractivity contribution in [1.82, 2.24) is 14.7 Å². The van der Waals surface area contributed by atoms with Gasteiger partial charge in [0.2, 0.25) is 16.8 Å². The zero-order chi connectivity index (χ0) is 27.2. The molecule has 37 heavy (non-hydrogen) atoms. The van der Waals surface area contributed by atoms with Gasteiger partial charge in [0.25, 0.3) is 0 Å². The van der Waals surface area contributed by atoms with Crippen molar-refractivity contribution in [1.29, 1.82) is 0 Å². The molecule has 0 bridgehead atoms. The van der Waals surface area contributed by atoms with Gasteiger partial charge in [-0.15, -0.1) is 11.8 Å². The van der Waals surface area contributed by atoms with Crippen LogP contribution in [-0.2, 0) is 14.8 Å². The van der Waals surface area contributed by atoms with Crippen LogP contribution in [0, 0.1) is 0 Å². The molecule has 4 rings (SSSR count). The zero-order valence-corrected chi connectivity index (χ0v) is 20.8. The average molecular weight is 560 g/mol. The van der Waals surface area contributed by atoms with Crippen LogP contribution in [0.3, 0.4) is 0 Å². The van der Waals surface area contributed by atoms with Gasteiger partial charge < -0.3 is 25.2 Å². The first kappa shape index (κ1) is 27.8. The lowest BCUT2D eigenvalue weighted by atomic mass is 10.2. The predicted molar refractivity (Wildman–Crippen MR) is 129 cm³/mol. The number of aromatic nitrogens is 2. The summed E-state index contributed by atoms with van der Waals surface area (Å²) in [5.41, 5.74) is 1.42. The molecule has 0 atom stereocenters. The number of alkyl halides is 3. The van der Waals surface area contributed by atoms with Crippen molar-refractivity contribution in [2.45, 2.75) is 16.0 Å². The van der Waals surface area contributed by atoms with Gasteiger partial charge in [-0.05, 0) is 43.6 Å². The highest BCUT2D eigenvalue weighted by Crippen LogP contribution is 2.35. The molecule has 1 aromatic heterocycles. The number of nitrogens with zero attached hydrogens (tertiary/aromatic N) is 2. The van der Waals surface area contributed by atoms with E-state index in [4.69, 9.17) is 19.4 Å². The largest absolute Gasteiger partial charge is 0.490 e. The molecule has 0 unspecified atom stereocenters. The molecule has 2 heterocycles. The molecule has 0 aliphatic carbocycles. The first-order chi connectivity index (χ1) is 17.4. The number of benzene rings is 2. The van der Waals surface area contributed by atoms with Crippen molar-refractivity contribution in [3.05, 3.63) is 48.8 Å². The molecule has 0 radical (unpaired) electrons. The third-order valence-electron chi connectivity index (χ3n) is 4.57. The predicted octanol–water partition coefficient (Wildman–Crippen LogP) is 3.96. The van der Waals surface area contributed by atoms with E-state index in [-0.39, 0.29) is 11.7 Å². The third-order valence-corrected chi connectivity index (χ3v) is 6.78. The van der Waals surface area contributed by atoms with Crippen LogP contribution in [0.2, 0.25) is 0 Å². The fourth-order valence-corrected chi connectivity index (χ4v) is 4.11. The number of fused-ring (bicyclic) bond motifs is 1. The molecule has 3 aromatic rings. The molecule has 0 amide bonds. The SMILES string of the molecule is CNS(=O)(=O)c1ccc(SC)c(Nc2cc(Nc3ccc4c(c3)OCO4)ncn2)c1.O=C(O)C(F)(F)F. The lowest BCUT2D eigenvalue weighted by Crippen LogP contribution is -2.21. The van der Waals surface area contributed by atoms with Crippen LogP contribution >= 0.6 is 11.8 Å². The summed E-state index contributed by atoms with van der Waals surface area (Å²) in [6.07, 6.45) is -1.75. The molecule has 11 nitrogen and oxygen atoms in total. The van der Waals surface area contributed by atoms with Gasteiger partial charge >= 0.3 is 12.1 Å². The van der Waals surface area contributed by atoms with Crippen molar-refractivity contribution in [3.8, 4) is 11.5 Å². The molecule has 0 saturated heterocycles. The van der Waals surface area contributed by atoms with Crippen LogP contribution in [0.5, 0.6) is 11.5 Å². The van der Waals surface area contributed by atoms with E-state index in [1.54, 1.807) is 24.3 Å². The van der Waals surface area contributed by atoms with Crippen LogP contribution in [0.25, 0.3) is 0 Å². The van der Waals surface area contributed by atoms with Crippen molar-refractivity contribution in [2.24, 2.45) is 0 Å². The molecule has 198 valence electrons. The number of nitrogens with one attached hydrogen (secondary N) is 3. The number of rotatable bonds is 7. The fraction of sp³-hybridized carbons (Fsp3) is 0.190. The van der Waals surface area contributed by atoms with Crippen LogP contribution in [0.1, 0.15) is 0 Å². The minimum atomic E-state index is -5.08. The second-order valence-electron chi connectivity index (χ2n) is 6.98. The van der Waals surface area contributed by atoms with Gasteiger partial charge in [0.1, 0.15) is 18.0 Å². The Balaban J connectivity index is 0.000000479. The summed E-state index contributed by atoms with van der Waals surface area (Å²) in [6.45, 7) is 0.209. The highest BCUT2D eigenvalue weighted by atomic mass is 32.2. The molecule has 1 aliphatic rings. The molecule has 0 saturated carbocycles. The summed E-state index contributed by atoms with van der Waals surface area (Å²) in [5, 5.41) is 13.5. The van der Waals surface area contributed by atoms with E-state index in [2.05, 4.69) is 25.3 Å². The monoisotopic (exact) mass is 559 g/mol. The second-order valence-corrected chi connectivity index (χ2v) is 9.71. The Morgan fingerprint density at radius 3 is 2.30 bits per heavy atom. The normalized spacial score (nSPS) is 12.4. The minimum absolute atomic E-state index is 0.165. The number of thioether (sulfide) groups is 1. The Morgan fingerprint density at radius 1 is 1.03 bits per heavy atom. The van der Waals surface area contributed by atoms with Gasteiger partial charge in [0.05, 0.1) is 10.6 Å². The van der Waals surface area contributed by atoms with E-state index in [1.807, 2.05) is 24.5 Å². The first-order valence-corrected chi connectivity index (χ1v) is 12.8. The Kier molecular flexibility index (Phi) is 8.67. The fourth-order valence-electron chi connectivity index (χ4n) is 2.82. The number of carbonyl (C=O) groups is 1. The van der Waals surface area contributed by atoms with Crippen LogP contribution in [0.15, 0.2) is 58.6 Å². The summed E-state index contributed by atoms with van der Waals surface area (Å²) >= 11 is 1.50. The molecule has 4 N–H and O–H groups in total. The zero-order valence-electron chi connectivity index (χ0n) is 19.2. The summed E-state index contributed by atoms with van der Waals surface area (Å²) in [5.74, 6) is -0.308. The van der Waals surface area contributed by atoms with Crippen LogP contribution in [-0.4, -0.2) is 55.7 Å². The molecule has 0 spiro atoms. The topological polar surface area (TPSA) is 152 Å². The smallest absolute Gasteiger partial charge is 0.475 e. The van der Waals surface area contributed by atoms with Gasteiger partial charge in [-0.2, -0.15) is 13.2 Å². The lowest BCUT2D eigenvalue weighted by molar-refractivity contribution is -0.192. The Morgan fingerprint density at radius 2 is 1.68 bits per heavy atom. The van der Waals surface area contributed by atoms with E-state index in [9.17, 15) is 21.6 Å². The number of carboxylic acid groups (broad SMARTS) is 1. The van der Waals surface area contributed by atoms with Crippen LogP contribution < -0.4 is 24.8 Å².